The first-order valence-corrected chi connectivity index (χ1v) is 6.40. The van der Waals surface area contributed by atoms with Gasteiger partial charge in [0.25, 0.3) is 0 Å². The Morgan fingerprint density at radius 1 is 0.950 bits per heavy atom. The average molecular weight is 273 g/mol. The Labute approximate surface area is 115 Å². The topological polar surface area (TPSA) is 21.6 Å². The van der Waals surface area contributed by atoms with Crippen molar-refractivity contribution in [1.82, 2.24) is 0 Å². The molecule has 4 heteroatoms. The van der Waals surface area contributed by atoms with Crippen molar-refractivity contribution in [3.63, 3.8) is 0 Å². The van der Waals surface area contributed by atoms with Crippen molar-refractivity contribution in [2.75, 3.05) is 0 Å². The Morgan fingerprint density at radius 2 is 1.60 bits per heavy atom. The summed E-state index contributed by atoms with van der Waals surface area (Å²) in [5.74, 6) is -1.30. The zero-order chi connectivity index (χ0) is 14.1. The Morgan fingerprint density at radius 3 is 2.25 bits per heavy atom. The monoisotopic (exact) mass is 273 g/mol. The fourth-order valence-electron chi connectivity index (χ4n) is 2.32. The van der Waals surface area contributed by atoms with Gasteiger partial charge in [-0.25, -0.2) is 13.8 Å². The zero-order valence-electron chi connectivity index (χ0n) is 10.9. The molecule has 0 aliphatic carbocycles. The molecule has 0 N–H and O–H groups in total. The summed E-state index contributed by atoms with van der Waals surface area (Å²) in [5.41, 5.74) is 0.768. The van der Waals surface area contributed by atoms with Crippen molar-refractivity contribution in [3.8, 4) is 0 Å². The fraction of sp³-hybridized carbons (Fsp3) is 0.188. The van der Waals surface area contributed by atoms with E-state index < -0.39 is 11.6 Å². The molecule has 0 saturated carbocycles. The lowest BCUT2D eigenvalue weighted by Gasteiger charge is -2.12. The number of aliphatic imine (C=N–C) groups is 1. The van der Waals surface area contributed by atoms with Gasteiger partial charge >= 0.3 is 0 Å². The van der Waals surface area contributed by atoms with Crippen LogP contribution in [0.25, 0.3) is 0 Å². The van der Waals surface area contributed by atoms with Gasteiger partial charge in [-0.1, -0.05) is 36.4 Å². The minimum absolute atomic E-state index is 0.0296. The average Bonchev–Trinajstić information content (AvgIpc) is 2.81. The van der Waals surface area contributed by atoms with E-state index in [1.165, 1.54) is 18.2 Å². The maximum Gasteiger partial charge on any atom is 0.223 e. The maximum atomic E-state index is 13.8. The van der Waals surface area contributed by atoms with Gasteiger partial charge in [-0.05, 0) is 24.6 Å². The Hall–Kier alpha value is -2.23. The highest BCUT2D eigenvalue weighted by Crippen LogP contribution is 2.31. The molecular formula is C16H13F2NO. The van der Waals surface area contributed by atoms with Gasteiger partial charge < -0.3 is 4.74 Å². The van der Waals surface area contributed by atoms with E-state index in [0.29, 0.717) is 0 Å². The predicted molar refractivity (Wildman–Crippen MR) is 72.6 cm³/mol. The lowest BCUT2D eigenvalue weighted by Crippen LogP contribution is -2.14. The molecule has 0 saturated heterocycles. The minimum atomic E-state index is -0.662. The van der Waals surface area contributed by atoms with Crippen molar-refractivity contribution in [3.05, 3.63) is 71.3 Å². The Kier molecular flexibility index (Phi) is 3.22. The highest BCUT2D eigenvalue weighted by molar-refractivity contribution is 5.96. The van der Waals surface area contributed by atoms with Crippen LogP contribution in [0.3, 0.4) is 0 Å². The van der Waals surface area contributed by atoms with Gasteiger partial charge in [-0.3, -0.25) is 0 Å². The van der Waals surface area contributed by atoms with E-state index in [1.54, 1.807) is 0 Å². The molecule has 0 radical (unpaired) electrons. The Bertz CT molecular complexity index is 635. The summed E-state index contributed by atoms with van der Waals surface area (Å²) in [6, 6.07) is 13.0. The molecule has 0 amide bonds. The van der Waals surface area contributed by atoms with Crippen LogP contribution in [0.4, 0.5) is 8.78 Å². The molecule has 0 bridgehead atoms. The summed E-state index contributed by atoms with van der Waals surface area (Å²) >= 11 is 0. The van der Waals surface area contributed by atoms with Crippen LogP contribution in [-0.4, -0.2) is 12.0 Å². The van der Waals surface area contributed by atoms with E-state index in [-0.39, 0.29) is 23.6 Å². The van der Waals surface area contributed by atoms with E-state index >= 15 is 0 Å². The molecule has 1 aliphatic heterocycles. The fourth-order valence-corrected chi connectivity index (χ4v) is 2.32. The van der Waals surface area contributed by atoms with Crippen LogP contribution in [0.1, 0.15) is 24.1 Å². The molecule has 1 aliphatic rings. The molecule has 2 atom stereocenters. The number of hydrogen-bond donors (Lipinski definition) is 0. The Balaban J connectivity index is 2.01. The van der Waals surface area contributed by atoms with Gasteiger partial charge in [0.1, 0.15) is 29.3 Å². The molecule has 0 aromatic heterocycles. The summed E-state index contributed by atoms with van der Waals surface area (Å²) in [5, 5.41) is 0. The third-order valence-electron chi connectivity index (χ3n) is 3.32. The quantitative estimate of drug-likeness (QED) is 0.814. The summed E-state index contributed by atoms with van der Waals surface area (Å²) in [4.78, 5) is 4.35. The van der Waals surface area contributed by atoms with Crippen LogP contribution in [0.15, 0.2) is 53.5 Å². The van der Waals surface area contributed by atoms with Crippen LogP contribution >= 0.6 is 0 Å². The summed E-state index contributed by atoms with van der Waals surface area (Å²) in [7, 11) is 0. The lowest BCUT2D eigenvalue weighted by atomic mass is 10.0. The summed E-state index contributed by atoms with van der Waals surface area (Å²) in [6.07, 6.45) is -0.258. The highest BCUT2D eigenvalue weighted by Gasteiger charge is 2.31. The first-order valence-electron chi connectivity index (χ1n) is 6.40. The van der Waals surface area contributed by atoms with Crippen LogP contribution in [0, 0.1) is 11.6 Å². The van der Waals surface area contributed by atoms with Crippen LogP contribution in [0.2, 0.25) is 0 Å². The molecule has 1 heterocycles. The molecule has 2 aromatic rings. The number of ether oxygens (including phenoxy) is 1. The minimum Gasteiger partial charge on any atom is -0.472 e. The van der Waals surface area contributed by atoms with E-state index in [9.17, 15) is 8.78 Å². The summed E-state index contributed by atoms with van der Waals surface area (Å²) in [6.45, 7) is 1.84. The first-order chi connectivity index (χ1) is 9.66. The smallest absolute Gasteiger partial charge is 0.223 e. The van der Waals surface area contributed by atoms with E-state index in [1.807, 2.05) is 37.3 Å². The van der Waals surface area contributed by atoms with Gasteiger partial charge in [0.15, 0.2) is 0 Å². The van der Waals surface area contributed by atoms with Gasteiger partial charge in [-0.15, -0.1) is 0 Å². The molecule has 2 aromatic carbocycles. The van der Waals surface area contributed by atoms with E-state index in [2.05, 4.69) is 4.99 Å². The molecule has 0 unspecified atom stereocenters. The first kappa shape index (κ1) is 12.8. The SMILES string of the molecule is C[C@@H]1OC(c2c(F)cccc2F)=N[C@H]1c1ccccc1. The molecule has 3 rings (SSSR count). The number of hydrogen-bond acceptors (Lipinski definition) is 2. The van der Waals surface area contributed by atoms with Crippen LogP contribution in [-0.2, 0) is 4.74 Å². The third kappa shape index (κ3) is 2.18. The molecule has 20 heavy (non-hydrogen) atoms. The van der Waals surface area contributed by atoms with Gasteiger partial charge in [0, 0.05) is 0 Å². The van der Waals surface area contributed by atoms with Crippen molar-refractivity contribution < 1.29 is 13.5 Å². The van der Waals surface area contributed by atoms with Crippen LogP contribution < -0.4 is 0 Å². The normalized spacial score (nSPS) is 21.4. The number of nitrogens with zero attached hydrogens (tertiary/aromatic N) is 1. The van der Waals surface area contributed by atoms with Gasteiger partial charge in [0.05, 0.1) is 0 Å². The van der Waals surface area contributed by atoms with Crippen LogP contribution in [0.5, 0.6) is 0 Å². The second-order valence-corrected chi connectivity index (χ2v) is 4.71. The van der Waals surface area contributed by atoms with Crippen molar-refractivity contribution in [1.29, 1.82) is 0 Å². The number of benzene rings is 2. The van der Waals surface area contributed by atoms with E-state index in [0.717, 1.165) is 5.56 Å². The molecule has 2 nitrogen and oxygen atoms in total. The maximum absolute atomic E-state index is 13.8. The zero-order valence-corrected chi connectivity index (χ0v) is 10.9. The summed E-state index contributed by atoms with van der Waals surface area (Å²) < 4.78 is 33.1. The molecule has 0 spiro atoms. The highest BCUT2D eigenvalue weighted by atomic mass is 19.1. The molecule has 0 fully saturated rings. The van der Waals surface area contributed by atoms with Crippen molar-refractivity contribution in [2.24, 2.45) is 4.99 Å². The second-order valence-electron chi connectivity index (χ2n) is 4.71. The lowest BCUT2D eigenvalue weighted by molar-refractivity contribution is 0.213. The standard InChI is InChI=1S/C16H13F2NO/c1-10-15(11-6-3-2-4-7-11)19-16(20-10)14-12(17)8-5-9-13(14)18/h2-10,15H,1H3/t10-,15+/m0/s1. The molecular weight excluding hydrogens is 260 g/mol. The number of halogens is 2. The van der Waals surface area contributed by atoms with Gasteiger partial charge in [-0.2, -0.15) is 0 Å². The largest absolute Gasteiger partial charge is 0.472 e. The molecule has 102 valence electrons. The van der Waals surface area contributed by atoms with E-state index in [4.69, 9.17) is 4.74 Å². The number of rotatable bonds is 2. The van der Waals surface area contributed by atoms with Crippen molar-refractivity contribution in [2.45, 2.75) is 19.1 Å². The third-order valence-corrected chi connectivity index (χ3v) is 3.32. The second kappa shape index (κ2) is 5.04. The van der Waals surface area contributed by atoms with Gasteiger partial charge in [0.2, 0.25) is 5.90 Å². The predicted octanol–water partition coefficient (Wildman–Crippen LogP) is 3.87. The van der Waals surface area contributed by atoms with Crippen molar-refractivity contribution >= 4 is 5.90 Å².